The number of rotatable bonds is 13. The summed E-state index contributed by atoms with van der Waals surface area (Å²) in [7, 11) is 0. The molecular formula is C30H29F3N2O6S. The average molecular weight is 603 g/mol. The Kier molecular flexibility index (Phi) is 10.6. The summed E-state index contributed by atoms with van der Waals surface area (Å²) in [6, 6.07) is 20.6. The molecule has 42 heavy (non-hydrogen) atoms. The van der Waals surface area contributed by atoms with E-state index in [2.05, 4.69) is 5.18 Å². The van der Waals surface area contributed by atoms with Crippen molar-refractivity contribution >= 4 is 29.3 Å². The van der Waals surface area contributed by atoms with Crippen LogP contribution in [0.5, 0.6) is 5.75 Å². The van der Waals surface area contributed by atoms with Crippen molar-refractivity contribution in [1.29, 1.82) is 0 Å². The van der Waals surface area contributed by atoms with E-state index >= 15 is 0 Å². The number of nitrogens with zero attached hydrogens (tertiary/aromatic N) is 2. The van der Waals surface area contributed by atoms with Gasteiger partial charge in [0, 0.05) is 11.3 Å². The molecule has 222 valence electrons. The molecule has 4 rings (SSSR count). The van der Waals surface area contributed by atoms with E-state index in [1.54, 1.807) is 42.2 Å². The number of carbonyl (C=O) groups is 2. The van der Waals surface area contributed by atoms with E-state index in [0.29, 0.717) is 11.3 Å². The van der Waals surface area contributed by atoms with Gasteiger partial charge in [-0.25, -0.2) is 4.79 Å². The predicted molar refractivity (Wildman–Crippen MR) is 152 cm³/mol. The highest BCUT2D eigenvalue weighted by atomic mass is 32.2. The van der Waals surface area contributed by atoms with Crippen molar-refractivity contribution in [2.24, 2.45) is 5.18 Å². The molecular weight excluding hydrogens is 573 g/mol. The molecule has 0 fully saturated rings. The van der Waals surface area contributed by atoms with Crippen molar-refractivity contribution in [3.63, 3.8) is 0 Å². The lowest BCUT2D eigenvalue weighted by Crippen LogP contribution is -2.38. The molecule has 3 aromatic carbocycles. The summed E-state index contributed by atoms with van der Waals surface area (Å²) >= 11 is 1.40. The van der Waals surface area contributed by atoms with Crippen LogP contribution in [0.25, 0.3) is 0 Å². The fraction of sp³-hybridized carbons (Fsp3) is 0.333. The van der Waals surface area contributed by atoms with Gasteiger partial charge in [0.25, 0.3) is 0 Å². The van der Waals surface area contributed by atoms with Gasteiger partial charge in [-0.2, -0.15) is 13.2 Å². The fourth-order valence-electron chi connectivity index (χ4n) is 4.42. The lowest BCUT2D eigenvalue weighted by molar-refractivity contribution is -0.194. The van der Waals surface area contributed by atoms with E-state index in [9.17, 15) is 27.7 Å². The van der Waals surface area contributed by atoms with Crippen molar-refractivity contribution in [2.75, 3.05) is 37.0 Å². The molecule has 2 unspecified atom stereocenters. The quantitative estimate of drug-likeness (QED) is 0.172. The Hall–Kier alpha value is -3.90. The largest absolute Gasteiger partial charge is 0.492 e. The van der Waals surface area contributed by atoms with Crippen molar-refractivity contribution < 1.29 is 37.0 Å². The molecule has 1 aliphatic rings. The number of fused-ring (bicyclic) bond motifs is 1. The molecule has 0 aromatic heterocycles. The third kappa shape index (κ3) is 8.32. The van der Waals surface area contributed by atoms with Gasteiger partial charge in [0.2, 0.25) is 5.91 Å². The monoisotopic (exact) mass is 602 g/mol. The van der Waals surface area contributed by atoms with Crippen LogP contribution in [0.15, 0.2) is 82.9 Å². The normalized spacial score (nSPS) is 14.6. The second-order valence-electron chi connectivity index (χ2n) is 9.34. The van der Waals surface area contributed by atoms with Gasteiger partial charge in [-0.15, -0.1) is 16.7 Å². The van der Waals surface area contributed by atoms with Gasteiger partial charge in [-0.3, -0.25) is 4.79 Å². The molecule has 0 saturated carbocycles. The molecule has 3 aromatic rings. The van der Waals surface area contributed by atoms with Crippen molar-refractivity contribution in [1.82, 2.24) is 0 Å². The third-order valence-corrected chi connectivity index (χ3v) is 7.42. The van der Waals surface area contributed by atoms with Gasteiger partial charge in [-0.05, 0) is 47.9 Å². The summed E-state index contributed by atoms with van der Waals surface area (Å²) in [5.41, 5.74) is 2.81. The summed E-state index contributed by atoms with van der Waals surface area (Å²) in [6.45, 7) is 0.476. The maximum atomic E-state index is 12.7. The van der Waals surface area contributed by atoms with Crippen LogP contribution >= 0.6 is 11.8 Å². The Morgan fingerprint density at radius 1 is 1.05 bits per heavy atom. The number of thioether (sulfide) groups is 1. The van der Waals surface area contributed by atoms with E-state index in [1.807, 2.05) is 42.5 Å². The van der Waals surface area contributed by atoms with Gasteiger partial charge >= 0.3 is 12.1 Å². The Balaban J connectivity index is 1.36. The summed E-state index contributed by atoms with van der Waals surface area (Å²) in [5, 5.41) is 3.32. The number of esters is 1. The number of hydrogen-bond donors (Lipinski definition) is 0. The SMILES string of the molecule is CCOC(=O)C(Cc1ccc(OCCN2C(=O)CSc3cc(C(N=O)c4ccccc4)ccc32)cc1)OCC(F)(F)F. The molecule has 0 aliphatic carbocycles. The smallest absolute Gasteiger partial charge is 0.411 e. The third-order valence-electron chi connectivity index (χ3n) is 6.39. The second-order valence-corrected chi connectivity index (χ2v) is 10.4. The van der Waals surface area contributed by atoms with Gasteiger partial charge in [0.05, 0.1) is 24.6 Å². The van der Waals surface area contributed by atoms with Gasteiger partial charge in [0.15, 0.2) is 6.10 Å². The van der Waals surface area contributed by atoms with Crippen LogP contribution in [-0.2, 0) is 25.5 Å². The van der Waals surface area contributed by atoms with Gasteiger partial charge < -0.3 is 19.1 Å². The molecule has 0 radical (unpaired) electrons. The number of halogens is 3. The van der Waals surface area contributed by atoms with Gasteiger partial charge in [0.1, 0.15) is 25.0 Å². The van der Waals surface area contributed by atoms with Crippen LogP contribution in [-0.4, -0.2) is 56.3 Å². The standard InChI is InChI=1S/C30H29F3N2O6S/c1-2-39-29(37)25(41-19-30(31,32)33)16-20-8-11-23(12-9-20)40-15-14-35-24-13-10-22(17-26(24)42-18-27(35)36)28(34-38)21-6-4-3-5-7-21/h3-13,17,25,28H,2,14-16,18-19H2,1H3. The highest BCUT2D eigenvalue weighted by Crippen LogP contribution is 2.38. The molecule has 12 heteroatoms. The Morgan fingerprint density at radius 3 is 2.45 bits per heavy atom. The van der Waals surface area contributed by atoms with Crippen LogP contribution in [0.4, 0.5) is 18.9 Å². The summed E-state index contributed by atoms with van der Waals surface area (Å²) in [4.78, 5) is 39.0. The first kappa shape index (κ1) is 31.0. The number of hydrogen-bond acceptors (Lipinski definition) is 8. The number of benzene rings is 3. The highest BCUT2D eigenvalue weighted by molar-refractivity contribution is 8.00. The predicted octanol–water partition coefficient (Wildman–Crippen LogP) is 6.11. The molecule has 2 atom stereocenters. The van der Waals surface area contributed by atoms with E-state index in [4.69, 9.17) is 14.2 Å². The second kappa shape index (κ2) is 14.3. The first-order valence-electron chi connectivity index (χ1n) is 13.2. The Bertz CT molecular complexity index is 1370. The number of amides is 1. The van der Waals surface area contributed by atoms with E-state index < -0.39 is 30.9 Å². The fourth-order valence-corrected chi connectivity index (χ4v) is 5.40. The van der Waals surface area contributed by atoms with Crippen molar-refractivity contribution in [2.45, 2.75) is 36.6 Å². The molecule has 1 aliphatic heterocycles. The summed E-state index contributed by atoms with van der Waals surface area (Å²) < 4.78 is 53.3. The van der Waals surface area contributed by atoms with E-state index in [1.165, 1.54) is 11.8 Å². The Labute approximate surface area is 245 Å². The summed E-state index contributed by atoms with van der Waals surface area (Å²) in [6.07, 6.45) is -6.07. The minimum absolute atomic E-state index is 0.0193. The van der Waals surface area contributed by atoms with E-state index in [-0.39, 0.29) is 37.8 Å². The molecule has 0 N–H and O–H groups in total. The van der Waals surface area contributed by atoms with Crippen LogP contribution in [0, 0.1) is 4.91 Å². The van der Waals surface area contributed by atoms with Crippen LogP contribution < -0.4 is 9.64 Å². The number of nitroso groups, excluding NO2 is 1. The maximum Gasteiger partial charge on any atom is 0.411 e. The number of anilines is 1. The lowest BCUT2D eigenvalue weighted by Gasteiger charge is -2.29. The zero-order valence-corrected chi connectivity index (χ0v) is 23.5. The molecule has 0 saturated heterocycles. The zero-order chi connectivity index (χ0) is 30.1. The molecule has 1 heterocycles. The average Bonchev–Trinajstić information content (AvgIpc) is 2.97. The number of ether oxygens (including phenoxy) is 3. The molecule has 1 amide bonds. The summed E-state index contributed by atoms with van der Waals surface area (Å²) in [5.74, 6) is -0.207. The zero-order valence-electron chi connectivity index (χ0n) is 22.7. The first-order valence-corrected chi connectivity index (χ1v) is 14.2. The molecule has 0 spiro atoms. The number of carbonyl (C=O) groups excluding carboxylic acids is 2. The van der Waals surface area contributed by atoms with Crippen molar-refractivity contribution in [3.8, 4) is 5.75 Å². The minimum atomic E-state index is -4.57. The molecule has 8 nitrogen and oxygen atoms in total. The van der Waals surface area contributed by atoms with Crippen molar-refractivity contribution in [3.05, 3.63) is 94.4 Å². The maximum absolute atomic E-state index is 12.7. The van der Waals surface area contributed by atoms with Crippen LogP contribution in [0.1, 0.15) is 29.7 Å². The van der Waals surface area contributed by atoms with Crippen LogP contribution in [0.2, 0.25) is 0 Å². The van der Waals surface area contributed by atoms with Gasteiger partial charge in [-0.1, -0.05) is 53.7 Å². The highest BCUT2D eigenvalue weighted by Gasteiger charge is 2.32. The lowest BCUT2D eigenvalue weighted by atomic mass is 9.99. The first-order chi connectivity index (χ1) is 20.2. The van der Waals surface area contributed by atoms with Crippen LogP contribution in [0.3, 0.4) is 0 Å². The number of alkyl halides is 3. The minimum Gasteiger partial charge on any atom is -0.492 e. The topological polar surface area (TPSA) is 94.5 Å². The Morgan fingerprint density at radius 2 is 1.79 bits per heavy atom. The molecule has 0 bridgehead atoms. The van der Waals surface area contributed by atoms with E-state index in [0.717, 1.165) is 21.7 Å².